The van der Waals surface area contributed by atoms with Gasteiger partial charge in [-0.3, -0.25) is 4.79 Å². The lowest BCUT2D eigenvalue weighted by molar-refractivity contribution is -0.155. The SMILES string of the molecule is COCCNC(=O)C1=CC(C(C)C)CC(OCc2ccc(CO)cc2)O1. The Kier molecular flexibility index (Phi) is 8.09. The second kappa shape index (κ2) is 10.3. The molecule has 0 saturated carbocycles. The van der Waals surface area contributed by atoms with Crippen molar-refractivity contribution in [1.82, 2.24) is 5.32 Å². The lowest BCUT2D eigenvalue weighted by Crippen LogP contribution is -2.35. The number of ether oxygens (including phenoxy) is 3. The Morgan fingerprint density at radius 3 is 2.62 bits per heavy atom. The number of hydrogen-bond donors (Lipinski definition) is 2. The summed E-state index contributed by atoms with van der Waals surface area (Å²) >= 11 is 0. The molecule has 6 heteroatoms. The number of aliphatic hydroxyl groups excluding tert-OH is 1. The summed E-state index contributed by atoms with van der Waals surface area (Å²) in [7, 11) is 1.59. The maximum atomic E-state index is 12.3. The van der Waals surface area contributed by atoms with Gasteiger partial charge in [0.1, 0.15) is 0 Å². The average molecular weight is 363 g/mol. The van der Waals surface area contributed by atoms with E-state index in [0.29, 0.717) is 37.9 Å². The van der Waals surface area contributed by atoms with Crippen LogP contribution < -0.4 is 5.32 Å². The number of carbonyl (C=O) groups excluding carboxylic acids is 1. The summed E-state index contributed by atoms with van der Waals surface area (Å²) < 4.78 is 16.6. The van der Waals surface area contributed by atoms with E-state index in [1.807, 2.05) is 30.3 Å². The third-order valence-electron chi connectivity index (χ3n) is 4.40. The molecule has 1 aromatic rings. The van der Waals surface area contributed by atoms with E-state index in [4.69, 9.17) is 19.3 Å². The van der Waals surface area contributed by atoms with E-state index in [9.17, 15) is 4.79 Å². The molecule has 0 fully saturated rings. The Bertz CT molecular complexity index is 597. The fourth-order valence-corrected chi connectivity index (χ4v) is 2.69. The highest BCUT2D eigenvalue weighted by atomic mass is 16.7. The van der Waals surface area contributed by atoms with Gasteiger partial charge < -0.3 is 24.6 Å². The van der Waals surface area contributed by atoms with E-state index < -0.39 is 6.29 Å². The number of methoxy groups -OCH3 is 1. The van der Waals surface area contributed by atoms with Crippen LogP contribution >= 0.6 is 0 Å². The van der Waals surface area contributed by atoms with Crippen molar-refractivity contribution in [2.75, 3.05) is 20.3 Å². The maximum absolute atomic E-state index is 12.3. The van der Waals surface area contributed by atoms with Crippen molar-refractivity contribution in [3.8, 4) is 0 Å². The molecule has 0 bridgehead atoms. The van der Waals surface area contributed by atoms with Crippen LogP contribution in [0.3, 0.4) is 0 Å². The van der Waals surface area contributed by atoms with E-state index in [0.717, 1.165) is 11.1 Å². The van der Waals surface area contributed by atoms with Crippen LogP contribution in [0.5, 0.6) is 0 Å². The molecular formula is C20H29NO5. The normalized spacial score (nSPS) is 19.8. The van der Waals surface area contributed by atoms with Crippen molar-refractivity contribution in [1.29, 1.82) is 0 Å². The maximum Gasteiger partial charge on any atom is 0.286 e. The van der Waals surface area contributed by atoms with Gasteiger partial charge in [0.05, 0.1) is 19.8 Å². The van der Waals surface area contributed by atoms with Crippen LogP contribution in [0.15, 0.2) is 36.1 Å². The molecule has 2 rings (SSSR count). The molecule has 0 saturated heterocycles. The van der Waals surface area contributed by atoms with Gasteiger partial charge in [0.2, 0.25) is 6.29 Å². The standard InChI is InChI=1S/C20H29NO5/c1-14(2)17-10-18(20(23)21-8-9-24-3)26-19(11-17)25-13-16-6-4-15(12-22)5-7-16/h4-7,10,14,17,19,22H,8-9,11-13H2,1-3H3,(H,21,23). The number of hydrogen-bond acceptors (Lipinski definition) is 5. The first-order valence-electron chi connectivity index (χ1n) is 8.99. The quantitative estimate of drug-likeness (QED) is 0.659. The molecule has 1 amide bonds. The summed E-state index contributed by atoms with van der Waals surface area (Å²) in [6, 6.07) is 7.57. The summed E-state index contributed by atoms with van der Waals surface area (Å²) in [6.07, 6.45) is 2.14. The van der Waals surface area contributed by atoms with Gasteiger partial charge >= 0.3 is 0 Å². The highest BCUT2D eigenvalue weighted by Gasteiger charge is 2.29. The molecule has 0 radical (unpaired) electrons. The van der Waals surface area contributed by atoms with Crippen molar-refractivity contribution in [3.05, 3.63) is 47.2 Å². The van der Waals surface area contributed by atoms with Crippen LogP contribution in [0.25, 0.3) is 0 Å². The second-order valence-corrected chi connectivity index (χ2v) is 6.76. The zero-order valence-electron chi connectivity index (χ0n) is 15.7. The predicted octanol–water partition coefficient (Wildman–Crippen LogP) is 2.36. The molecule has 2 unspecified atom stereocenters. The molecule has 1 heterocycles. The fourth-order valence-electron chi connectivity index (χ4n) is 2.69. The molecule has 0 aromatic heterocycles. The van der Waals surface area contributed by atoms with E-state index in [1.54, 1.807) is 7.11 Å². The molecule has 0 aliphatic carbocycles. The van der Waals surface area contributed by atoms with Gasteiger partial charge in [-0.1, -0.05) is 38.1 Å². The number of carbonyl (C=O) groups is 1. The first-order valence-corrected chi connectivity index (χ1v) is 8.99. The Morgan fingerprint density at radius 2 is 2.00 bits per heavy atom. The average Bonchev–Trinajstić information content (AvgIpc) is 2.66. The number of amides is 1. The van der Waals surface area contributed by atoms with Crippen LogP contribution in [0.2, 0.25) is 0 Å². The van der Waals surface area contributed by atoms with Gasteiger partial charge in [0, 0.05) is 20.1 Å². The smallest absolute Gasteiger partial charge is 0.286 e. The Hall–Kier alpha value is -1.89. The lowest BCUT2D eigenvalue weighted by Gasteiger charge is -2.31. The third kappa shape index (κ3) is 6.12. The minimum atomic E-state index is -0.465. The molecule has 1 aromatic carbocycles. The Balaban J connectivity index is 1.95. The lowest BCUT2D eigenvalue weighted by atomic mass is 9.90. The van der Waals surface area contributed by atoms with Crippen molar-refractivity contribution < 1.29 is 24.1 Å². The first kappa shape index (κ1) is 20.4. The van der Waals surface area contributed by atoms with Crippen LogP contribution in [0.4, 0.5) is 0 Å². The highest BCUT2D eigenvalue weighted by molar-refractivity contribution is 5.91. The second-order valence-electron chi connectivity index (χ2n) is 6.76. The van der Waals surface area contributed by atoms with Crippen LogP contribution in [0.1, 0.15) is 31.4 Å². The summed E-state index contributed by atoms with van der Waals surface area (Å²) in [5.41, 5.74) is 1.85. The zero-order chi connectivity index (χ0) is 18.9. The van der Waals surface area contributed by atoms with E-state index in [1.165, 1.54) is 0 Å². The van der Waals surface area contributed by atoms with Gasteiger partial charge in [-0.05, 0) is 29.0 Å². The number of nitrogens with one attached hydrogen (secondary N) is 1. The van der Waals surface area contributed by atoms with Crippen molar-refractivity contribution in [2.45, 2.75) is 39.8 Å². The van der Waals surface area contributed by atoms with Gasteiger partial charge in [-0.2, -0.15) is 0 Å². The monoisotopic (exact) mass is 363 g/mol. The summed E-state index contributed by atoms with van der Waals surface area (Å²) in [4.78, 5) is 12.3. The Labute approximate surface area is 155 Å². The number of aliphatic hydroxyl groups is 1. The Morgan fingerprint density at radius 1 is 1.31 bits per heavy atom. The molecule has 6 nitrogen and oxygen atoms in total. The number of allylic oxidation sites excluding steroid dienone is 1. The summed E-state index contributed by atoms with van der Waals surface area (Å²) in [5.74, 6) is 0.671. The highest BCUT2D eigenvalue weighted by Crippen LogP contribution is 2.29. The molecule has 2 atom stereocenters. The molecule has 144 valence electrons. The van der Waals surface area contributed by atoms with Gasteiger partial charge in [0.25, 0.3) is 5.91 Å². The van der Waals surface area contributed by atoms with E-state index >= 15 is 0 Å². The minimum absolute atomic E-state index is 0.0231. The summed E-state index contributed by atoms with van der Waals surface area (Å²) in [5, 5.41) is 11.9. The molecule has 2 N–H and O–H groups in total. The molecule has 1 aliphatic heterocycles. The van der Waals surface area contributed by atoms with Gasteiger partial charge in [0.15, 0.2) is 5.76 Å². The minimum Gasteiger partial charge on any atom is -0.459 e. The van der Waals surface area contributed by atoms with E-state index in [2.05, 4.69) is 19.2 Å². The van der Waals surface area contributed by atoms with Crippen molar-refractivity contribution in [3.63, 3.8) is 0 Å². The number of rotatable bonds is 9. The molecule has 26 heavy (non-hydrogen) atoms. The largest absolute Gasteiger partial charge is 0.459 e. The van der Waals surface area contributed by atoms with Crippen molar-refractivity contribution in [2.24, 2.45) is 11.8 Å². The predicted molar refractivity (Wildman–Crippen MR) is 97.9 cm³/mol. The summed E-state index contributed by atoms with van der Waals surface area (Å²) in [6.45, 7) is 5.55. The molecule has 1 aliphatic rings. The van der Waals surface area contributed by atoms with Crippen LogP contribution in [-0.4, -0.2) is 37.6 Å². The number of benzene rings is 1. The fraction of sp³-hybridized carbons (Fsp3) is 0.550. The van der Waals surface area contributed by atoms with E-state index in [-0.39, 0.29) is 18.4 Å². The molecule has 0 spiro atoms. The topological polar surface area (TPSA) is 77.0 Å². The van der Waals surface area contributed by atoms with Crippen molar-refractivity contribution >= 4 is 5.91 Å². The first-order chi connectivity index (χ1) is 12.5. The van der Waals surface area contributed by atoms with Gasteiger partial charge in [-0.25, -0.2) is 0 Å². The van der Waals surface area contributed by atoms with Gasteiger partial charge in [-0.15, -0.1) is 0 Å². The van der Waals surface area contributed by atoms with Crippen LogP contribution in [-0.2, 0) is 32.2 Å². The third-order valence-corrected chi connectivity index (χ3v) is 4.40. The zero-order valence-corrected chi connectivity index (χ0v) is 15.7. The molecular weight excluding hydrogens is 334 g/mol. The van der Waals surface area contributed by atoms with Crippen LogP contribution in [0, 0.1) is 11.8 Å².